The van der Waals surface area contributed by atoms with Crippen molar-refractivity contribution < 1.29 is 29.7 Å². The molecule has 0 aliphatic carbocycles. The van der Waals surface area contributed by atoms with Crippen LogP contribution in [0.3, 0.4) is 0 Å². The Labute approximate surface area is 217 Å². The maximum absolute atomic E-state index is 13.6. The van der Waals surface area contributed by atoms with Gasteiger partial charge in [-0.15, -0.1) is 0 Å². The minimum absolute atomic E-state index is 0. The van der Waals surface area contributed by atoms with Gasteiger partial charge in [-0.25, -0.2) is 9.97 Å². The Morgan fingerprint density at radius 1 is 0.676 bits per heavy atom. The van der Waals surface area contributed by atoms with Crippen molar-refractivity contribution >= 4 is 11.6 Å². The van der Waals surface area contributed by atoms with Crippen LogP contribution in [0.5, 0.6) is 0 Å². The van der Waals surface area contributed by atoms with Gasteiger partial charge in [-0.2, -0.15) is 0 Å². The molecule has 34 heavy (non-hydrogen) atoms. The molecular weight excluding hydrogens is 601 g/mol. The van der Waals surface area contributed by atoms with E-state index in [4.69, 9.17) is 9.97 Å². The fraction of sp³-hybridized carbons (Fsp3) is 0.379. The van der Waals surface area contributed by atoms with Crippen molar-refractivity contribution in [1.29, 1.82) is 0 Å². The smallest absolute Gasteiger partial charge is 0.156 e. The molecule has 0 saturated carbocycles. The molecule has 0 atom stereocenters. The largest absolute Gasteiger partial charge is 0.298 e. The quantitative estimate of drug-likeness (QED) is 0.292. The molecule has 0 spiro atoms. The van der Waals surface area contributed by atoms with Crippen LogP contribution >= 0.6 is 0 Å². The van der Waals surface area contributed by atoms with Gasteiger partial charge in [0.2, 0.25) is 0 Å². The second kappa shape index (κ2) is 10.4. The number of benzene rings is 2. The Kier molecular flexibility index (Phi) is 8.50. The van der Waals surface area contributed by atoms with Crippen molar-refractivity contribution in [2.24, 2.45) is 10.8 Å². The zero-order chi connectivity index (χ0) is 24.6. The molecule has 0 aliphatic rings. The maximum Gasteiger partial charge on any atom is 0.156 e. The first-order valence-corrected chi connectivity index (χ1v) is 11.4. The van der Waals surface area contributed by atoms with Gasteiger partial charge in [0.25, 0.3) is 0 Å². The molecule has 5 heteroatoms. The Balaban J connectivity index is 0.00000408. The van der Waals surface area contributed by atoms with Gasteiger partial charge >= 0.3 is 0 Å². The first-order valence-electron chi connectivity index (χ1n) is 11.4. The zero-order valence-corrected chi connectivity index (χ0v) is 23.7. The van der Waals surface area contributed by atoms with E-state index in [0.717, 1.165) is 22.3 Å². The molecule has 0 N–H and O–H groups in total. The fourth-order valence-corrected chi connectivity index (χ4v) is 3.72. The van der Waals surface area contributed by atoms with Crippen molar-refractivity contribution in [1.82, 2.24) is 9.97 Å². The number of carbonyl (C=O) groups is 2. The number of aryl methyl sites for hydroxylation is 2. The Bertz CT molecular complexity index is 1110. The zero-order valence-electron chi connectivity index (χ0n) is 21.3. The molecule has 1 heterocycles. The molecular formula is C29H34IrN2O2. The molecule has 0 aliphatic heterocycles. The third kappa shape index (κ3) is 6.34. The molecule has 4 nitrogen and oxygen atoms in total. The van der Waals surface area contributed by atoms with E-state index in [0.29, 0.717) is 11.4 Å². The van der Waals surface area contributed by atoms with Gasteiger partial charge in [0.05, 0.1) is 11.4 Å². The van der Waals surface area contributed by atoms with Gasteiger partial charge in [0, 0.05) is 42.1 Å². The van der Waals surface area contributed by atoms with E-state index in [-0.39, 0.29) is 37.5 Å². The summed E-state index contributed by atoms with van der Waals surface area (Å²) >= 11 is 0. The number of aromatic nitrogens is 2. The first kappa shape index (κ1) is 27.8. The van der Waals surface area contributed by atoms with Gasteiger partial charge in [0.1, 0.15) is 11.7 Å². The summed E-state index contributed by atoms with van der Waals surface area (Å²) in [5, 5.41) is 0. The molecule has 1 aromatic heterocycles. The predicted octanol–water partition coefficient (Wildman–Crippen LogP) is 6.74. The van der Waals surface area contributed by atoms with Crippen molar-refractivity contribution in [2.45, 2.75) is 61.3 Å². The Hall–Kier alpha value is -2.49. The normalized spacial score (nSPS) is 11.8. The van der Waals surface area contributed by atoms with Crippen LogP contribution in [-0.2, 0) is 29.7 Å². The van der Waals surface area contributed by atoms with E-state index in [2.05, 4.69) is 12.1 Å². The van der Waals surface area contributed by atoms with Crippen LogP contribution in [0.25, 0.3) is 22.5 Å². The van der Waals surface area contributed by atoms with Crippen LogP contribution in [0.15, 0.2) is 54.6 Å². The summed E-state index contributed by atoms with van der Waals surface area (Å²) in [4.78, 5) is 36.7. The van der Waals surface area contributed by atoms with Crippen LogP contribution in [-0.4, -0.2) is 21.5 Å². The van der Waals surface area contributed by atoms with E-state index in [1.807, 2.05) is 97.9 Å². The van der Waals surface area contributed by atoms with E-state index >= 15 is 0 Å². The third-order valence-corrected chi connectivity index (χ3v) is 5.63. The molecule has 0 amide bonds. The number of hydrogen-bond acceptors (Lipinski definition) is 4. The molecule has 2 aromatic carbocycles. The number of rotatable bonds is 5. The van der Waals surface area contributed by atoms with E-state index < -0.39 is 16.7 Å². The summed E-state index contributed by atoms with van der Waals surface area (Å²) in [6.07, 6.45) is 0. The SMILES string of the molecule is Cc1cccc(-c2cc(-c3cccc(C)c3)nc(C(C(=O)C(C)(C)C)C(=O)C(C)(C)C)n2)c1.[Ir]. The minimum atomic E-state index is -1.03. The maximum atomic E-state index is 13.6. The summed E-state index contributed by atoms with van der Waals surface area (Å²) < 4.78 is 0. The van der Waals surface area contributed by atoms with Gasteiger partial charge in [0.15, 0.2) is 11.6 Å². The van der Waals surface area contributed by atoms with E-state index in [9.17, 15) is 9.59 Å². The van der Waals surface area contributed by atoms with Crippen LogP contribution in [0.2, 0.25) is 0 Å². The number of Topliss-reactive ketones (excluding diaryl/α,β-unsaturated/α-hetero) is 2. The molecule has 181 valence electrons. The van der Waals surface area contributed by atoms with Crippen molar-refractivity contribution in [3.8, 4) is 22.5 Å². The monoisotopic (exact) mass is 635 g/mol. The molecule has 1 radical (unpaired) electrons. The minimum Gasteiger partial charge on any atom is -0.298 e. The third-order valence-electron chi connectivity index (χ3n) is 5.63. The average molecular weight is 635 g/mol. The van der Waals surface area contributed by atoms with Gasteiger partial charge in [-0.3, -0.25) is 9.59 Å². The predicted molar refractivity (Wildman–Crippen MR) is 134 cm³/mol. The Morgan fingerprint density at radius 2 is 1.06 bits per heavy atom. The molecule has 3 aromatic rings. The number of carbonyl (C=O) groups excluding carboxylic acids is 2. The molecule has 0 bridgehead atoms. The first-order chi connectivity index (χ1) is 15.3. The van der Waals surface area contributed by atoms with Gasteiger partial charge < -0.3 is 0 Å². The summed E-state index contributed by atoms with van der Waals surface area (Å²) in [5.74, 6) is -1.10. The summed E-state index contributed by atoms with van der Waals surface area (Å²) in [7, 11) is 0. The van der Waals surface area contributed by atoms with E-state index in [1.54, 1.807) is 0 Å². The fourth-order valence-electron chi connectivity index (χ4n) is 3.72. The summed E-state index contributed by atoms with van der Waals surface area (Å²) in [5.41, 5.74) is 4.06. The van der Waals surface area contributed by atoms with Crippen LogP contribution in [0.1, 0.15) is 64.4 Å². The van der Waals surface area contributed by atoms with Crippen molar-refractivity contribution in [3.05, 3.63) is 71.5 Å². The summed E-state index contributed by atoms with van der Waals surface area (Å²) in [6.45, 7) is 15.1. The second-order valence-corrected chi connectivity index (χ2v) is 10.9. The molecule has 3 rings (SSSR count). The van der Waals surface area contributed by atoms with E-state index in [1.165, 1.54) is 0 Å². The van der Waals surface area contributed by atoms with Crippen molar-refractivity contribution in [3.63, 3.8) is 0 Å². The molecule has 0 saturated heterocycles. The van der Waals surface area contributed by atoms with Gasteiger partial charge in [-0.05, 0) is 32.0 Å². The van der Waals surface area contributed by atoms with Crippen LogP contribution < -0.4 is 0 Å². The standard InChI is InChI=1S/C29H34N2O2.Ir/c1-18-11-9-13-20(15-18)22-17-23(21-14-10-12-19(2)16-21)31-27(30-22)24(25(32)28(3,4)5)26(33)29(6,7)8;/h9-17,24H,1-8H3;. The van der Waals surface area contributed by atoms with Gasteiger partial charge in [-0.1, -0.05) is 89.1 Å². The Morgan fingerprint density at radius 3 is 1.38 bits per heavy atom. The summed E-state index contributed by atoms with van der Waals surface area (Å²) in [6, 6.07) is 18.1. The van der Waals surface area contributed by atoms with Crippen LogP contribution in [0.4, 0.5) is 0 Å². The number of hydrogen-bond donors (Lipinski definition) is 0. The molecule has 0 fully saturated rings. The topological polar surface area (TPSA) is 59.9 Å². The number of ketones is 2. The average Bonchev–Trinajstić information content (AvgIpc) is 2.72. The van der Waals surface area contributed by atoms with Crippen molar-refractivity contribution in [2.75, 3.05) is 0 Å². The molecule has 0 unspecified atom stereocenters. The number of nitrogens with zero attached hydrogens (tertiary/aromatic N) is 2. The second-order valence-electron chi connectivity index (χ2n) is 10.9. The van der Waals surface area contributed by atoms with Crippen LogP contribution in [0, 0.1) is 24.7 Å².